The van der Waals surface area contributed by atoms with Crippen LogP contribution < -0.4 is 0 Å². The van der Waals surface area contributed by atoms with Gasteiger partial charge in [-0.2, -0.15) is 20.7 Å². The van der Waals surface area contributed by atoms with Gasteiger partial charge in [-0.3, -0.25) is 9.59 Å². The van der Waals surface area contributed by atoms with Crippen LogP contribution in [0.15, 0.2) is 93.8 Å². The van der Waals surface area contributed by atoms with E-state index >= 15 is 0 Å². The summed E-state index contributed by atoms with van der Waals surface area (Å²) in [5, 5.41) is 32.4. The zero-order valence-corrected chi connectivity index (χ0v) is 23.6. The van der Waals surface area contributed by atoms with Gasteiger partial charge in [0.1, 0.15) is 0 Å². The Labute approximate surface area is 241 Å². The summed E-state index contributed by atoms with van der Waals surface area (Å²) in [4.78, 5) is 25.9. The van der Waals surface area contributed by atoms with Crippen molar-refractivity contribution in [2.24, 2.45) is 10.2 Å². The number of carbonyl (C=O) groups excluding carboxylic acids is 2. The Kier molecular flexibility index (Phi) is 11.5. The number of benzene rings is 2. The molecule has 0 N–H and O–H groups in total. The van der Waals surface area contributed by atoms with Gasteiger partial charge >= 0.3 is 0 Å². The van der Waals surface area contributed by atoms with Crippen molar-refractivity contribution in [1.29, 1.82) is 10.5 Å². The number of hydrogen-bond donors (Lipinski definition) is 0. The molecule has 8 nitrogen and oxygen atoms in total. The minimum absolute atomic E-state index is 0.0693. The maximum absolute atomic E-state index is 11.9. The summed E-state index contributed by atoms with van der Waals surface area (Å²) in [7, 11) is 3.25. The Morgan fingerprint density at radius 3 is 1.50 bits per heavy atom. The Bertz CT molecular complexity index is 1430. The second-order valence-corrected chi connectivity index (χ2v) is 10.4. The fourth-order valence-electron chi connectivity index (χ4n) is 3.17. The first kappa shape index (κ1) is 29.7. The molecule has 2 aromatic heterocycles. The Morgan fingerprint density at radius 1 is 0.725 bits per heavy atom. The fraction of sp³-hybridized carbons (Fsp3) is 0.133. The van der Waals surface area contributed by atoms with Gasteiger partial charge in [-0.1, -0.05) is 36.4 Å². The average Bonchev–Trinajstić information content (AvgIpc) is 3.70. The number of nitriles is 2. The van der Waals surface area contributed by atoms with Crippen LogP contribution in [-0.2, 0) is 22.4 Å². The molecule has 0 aliphatic carbocycles. The van der Waals surface area contributed by atoms with E-state index in [1.54, 1.807) is 85.6 Å². The molecule has 0 aliphatic heterocycles. The van der Waals surface area contributed by atoms with Crippen LogP contribution >= 0.6 is 22.7 Å². The van der Waals surface area contributed by atoms with Crippen molar-refractivity contribution in [3.8, 4) is 12.1 Å². The Morgan fingerprint density at radius 2 is 1.15 bits per heavy atom. The van der Waals surface area contributed by atoms with Crippen molar-refractivity contribution in [2.75, 3.05) is 14.1 Å². The van der Waals surface area contributed by atoms with Gasteiger partial charge < -0.3 is 0 Å². The lowest BCUT2D eigenvalue weighted by atomic mass is 10.1. The first-order valence-electron chi connectivity index (χ1n) is 12.0. The Hall–Kier alpha value is -4.90. The number of nitrogens with zero attached hydrogens (tertiary/aromatic N) is 6. The van der Waals surface area contributed by atoms with Gasteiger partial charge in [-0.05, 0) is 58.3 Å². The van der Waals surface area contributed by atoms with Crippen molar-refractivity contribution < 1.29 is 9.59 Å². The Balaban J connectivity index is 0.000000220. The van der Waals surface area contributed by atoms with E-state index in [-0.39, 0.29) is 11.8 Å². The molecule has 2 heterocycles. The number of hydrazone groups is 2. The van der Waals surface area contributed by atoms with Crippen LogP contribution in [0.3, 0.4) is 0 Å². The smallest absolute Gasteiger partial charge is 0.247 e. The lowest BCUT2D eigenvalue weighted by Gasteiger charge is -2.09. The van der Waals surface area contributed by atoms with Crippen LogP contribution in [0.4, 0.5) is 0 Å². The summed E-state index contributed by atoms with van der Waals surface area (Å²) >= 11 is 3.11. The summed E-state index contributed by atoms with van der Waals surface area (Å²) < 4.78 is 0. The standard InChI is InChI=1S/2C15H13N3OS/c2*1-18(15(19)9-14-6-3-7-20-14)17-11-13-5-2-4-12(8-13)10-16/h2*2-8,11H,9H2,1H3/b2*17-11+. The largest absolute Gasteiger partial charge is 0.273 e. The highest BCUT2D eigenvalue weighted by Gasteiger charge is 2.09. The summed E-state index contributed by atoms with van der Waals surface area (Å²) in [6.07, 6.45) is 3.85. The third-order valence-electron chi connectivity index (χ3n) is 5.32. The fourth-order valence-corrected chi connectivity index (χ4v) is 4.56. The van der Waals surface area contributed by atoms with E-state index in [2.05, 4.69) is 22.3 Å². The molecule has 0 bridgehead atoms. The summed E-state index contributed by atoms with van der Waals surface area (Å²) in [6.45, 7) is 0. The van der Waals surface area contributed by atoms with Crippen LogP contribution in [0.25, 0.3) is 0 Å². The van der Waals surface area contributed by atoms with E-state index in [1.807, 2.05) is 47.2 Å². The van der Waals surface area contributed by atoms with Gasteiger partial charge in [0.2, 0.25) is 11.8 Å². The second kappa shape index (κ2) is 15.5. The number of likely N-dealkylation sites (N-methyl/N-ethyl adjacent to an activating group) is 2. The van der Waals surface area contributed by atoms with Gasteiger partial charge in [0.15, 0.2) is 0 Å². The molecule has 0 aliphatic rings. The minimum Gasteiger partial charge on any atom is -0.273 e. The van der Waals surface area contributed by atoms with Crippen LogP contribution in [0.1, 0.15) is 32.0 Å². The third-order valence-corrected chi connectivity index (χ3v) is 7.08. The average molecular weight is 567 g/mol. The highest BCUT2D eigenvalue weighted by atomic mass is 32.1. The number of hydrogen-bond acceptors (Lipinski definition) is 8. The lowest BCUT2D eigenvalue weighted by Crippen LogP contribution is -2.22. The molecular weight excluding hydrogens is 541 g/mol. The summed E-state index contributed by atoms with van der Waals surface area (Å²) in [5.74, 6) is -0.139. The molecule has 0 spiro atoms. The number of amides is 2. The molecule has 40 heavy (non-hydrogen) atoms. The second-order valence-electron chi connectivity index (χ2n) is 8.31. The predicted molar refractivity (Wildman–Crippen MR) is 159 cm³/mol. The molecule has 0 saturated carbocycles. The van der Waals surface area contributed by atoms with Crippen LogP contribution in [0, 0.1) is 22.7 Å². The maximum Gasteiger partial charge on any atom is 0.247 e. The molecule has 2 aromatic carbocycles. The minimum atomic E-state index is -0.0693. The molecule has 0 saturated heterocycles. The zero-order chi connectivity index (χ0) is 28.7. The first-order chi connectivity index (χ1) is 19.4. The SMILES string of the molecule is CN(/N=C/c1cccc(C#N)c1)C(=O)Cc1cccs1.CN(/N=C/c1cccc(C#N)c1)C(=O)Cc1cccs1. The number of carbonyl (C=O) groups is 2. The molecule has 0 fully saturated rings. The summed E-state index contributed by atoms with van der Waals surface area (Å²) in [6, 6.07) is 26.0. The van der Waals surface area contributed by atoms with Crippen molar-refractivity contribution in [3.05, 3.63) is 116 Å². The van der Waals surface area contributed by atoms with Gasteiger partial charge in [-0.25, -0.2) is 10.0 Å². The van der Waals surface area contributed by atoms with E-state index in [9.17, 15) is 9.59 Å². The lowest BCUT2D eigenvalue weighted by molar-refractivity contribution is -0.129. The molecule has 200 valence electrons. The molecule has 0 atom stereocenters. The van der Waals surface area contributed by atoms with Crippen molar-refractivity contribution in [2.45, 2.75) is 12.8 Å². The molecule has 2 amide bonds. The van der Waals surface area contributed by atoms with Crippen molar-refractivity contribution in [1.82, 2.24) is 10.0 Å². The van der Waals surface area contributed by atoms with Crippen LogP contribution in [0.5, 0.6) is 0 Å². The topological polar surface area (TPSA) is 113 Å². The van der Waals surface area contributed by atoms with Crippen molar-refractivity contribution in [3.63, 3.8) is 0 Å². The molecule has 0 unspecified atom stereocenters. The molecule has 4 aromatic rings. The van der Waals surface area contributed by atoms with E-state index < -0.39 is 0 Å². The summed E-state index contributed by atoms with van der Waals surface area (Å²) in [5.41, 5.74) is 2.72. The van der Waals surface area contributed by atoms with E-state index in [0.29, 0.717) is 24.0 Å². The zero-order valence-electron chi connectivity index (χ0n) is 22.0. The molecule has 0 radical (unpaired) electrons. The molecular formula is C30H26N6O2S2. The van der Waals surface area contributed by atoms with E-state index in [0.717, 1.165) is 20.9 Å². The van der Waals surface area contributed by atoms with Crippen molar-refractivity contribution >= 4 is 46.9 Å². The normalized spacial score (nSPS) is 10.4. The van der Waals surface area contributed by atoms with Gasteiger partial charge in [0.25, 0.3) is 0 Å². The van der Waals surface area contributed by atoms with Crippen LogP contribution in [0.2, 0.25) is 0 Å². The monoisotopic (exact) mass is 566 g/mol. The molecule has 4 rings (SSSR count). The highest BCUT2D eigenvalue weighted by molar-refractivity contribution is 7.10. The van der Waals surface area contributed by atoms with Gasteiger partial charge in [0, 0.05) is 23.8 Å². The predicted octanol–water partition coefficient (Wildman–Crippen LogP) is 5.31. The van der Waals surface area contributed by atoms with Gasteiger partial charge in [0.05, 0.1) is 48.5 Å². The van der Waals surface area contributed by atoms with Gasteiger partial charge in [-0.15, -0.1) is 22.7 Å². The number of thiophene rings is 2. The highest BCUT2D eigenvalue weighted by Crippen LogP contribution is 2.11. The molecule has 10 heteroatoms. The van der Waals surface area contributed by atoms with E-state index in [4.69, 9.17) is 10.5 Å². The van der Waals surface area contributed by atoms with E-state index in [1.165, 1.54) is 10.0 Å². The maximum atomic E-state index is 11.9. The quantitative estimate of drug-likeness (QED) is 0.212. The third kappa shape index (κ3) is 9.76. The number of rotatable bonds is 8. The van der Waals surface area contributed by atoms with Crippen LogP contribution in [-0.4, -0.2) is 48.4 Å². The first-order valence-corrected chi connectivity index (χ1v) is 13.8.